The number of anilines is 1. The number of hydrogen-bond donors (Lipinski definition) is 1. The quantitative estimate of drug-likeness (QED) is 0.789. The zero-order chi connectivity index (χ0) is 14.9. The summed E-state index contributed by atoms with van der Waals surface area (Å²) < 4.78 is 38.9. The third-order valence-corrected chi connectivity index (χ3v) is 3.49. The number of halogens is 4. The topological polar surface area (TPSA) is 26.0 Å². The summed E-state index contributed by atoms with van der Waals surface area (Å²) in [5.41, 5.74) is 7.14. The molecule has 0 saturated heterocycles. The molecule has 0 bridgehead atoms. The molecule has 0 heterocycles. The van der Waals surface area contributed by atoms with Crippen LogP contribution in [0.5, 0.6) is 0 Å². The summed E-state index contributed by atoms with van der Waals surface area (Å²) in [5.74, 6) is 0. The summed E-state index contributed by atoms with van der Waals surface area (Å²) in [5, 5.41) is 0.313. The van der Waals surface area contributed by atoms with Crippen LogP contribution in [0.1, 0.15) is 22.3 Å². The number of aryl methyl sites for hydroxylation is 1. The van der Waals surface area contributed by atoms with Crippen LogP contribution in [-0.4, -0.2) is 0 Å². The molecule has 0 atom stereocenters. The van der Waals surface area contributed by atoms with Gasteiger partial charge in [0, 0.05) is 0 Å². The molecule has 2 aromatic rings. The van der Waals surface area contributed by atoms with Crippen LogP contribution in [0.4, 0.5) is 18.9 Å². The summed E-state index contributed by atoms with van der Waals surface area (Å²) in [6.45, 7) is 1.83. The molecule has 0 amide bonds. The van der Waals surface area contributed by atoms with E-state index in [9.17, 15) is 13.2 Å². The van der Waals surface area contributed by atoms with E-state index in [4.69, 9.17) is 17.3 Å². The van der Waals surface area contributed by atoms with Gasteiger partial charge in [0.1, 0.15) is 0 Å². The van der Waals surface area contributed by atoms with Crippen molar-refractivity contribution >= 4 is 17.3 Å². The smallest absolute Gasteiger partial charge is 0.398 e. The molecule has 2 N–H and O–H groups in total. The van der Waals surface area contributed by atoms with Crippen LogP contribution in [0, 0.1) is 6.92 Å². The fourth-order valence-electron chi connectivity index (χ4n) is 2.16. The minimum absolute atomic E-state index is 0.0976. The Morgan fingerprint density at radius 1 is 1.10 bits per heavy atom. The van der Waals surface area contributed by atoms with Gasteiger partial charge < -0.3 is 5.73 Å². The molecule has 20 heavy (non-hydrogen) atoms. The van der Waals surface area contributed by atoms with E-state index in [1.807, 2.05) is 6.92 Å². The maximum atomic E-state index is 13.0. The Kier molecular flexibility index (Phi) is 3.95. The molecular formula is C15H13ClF3N. The summed E-state index contributed by atoms with van der Waals surface area (Å²) in [6.07, 6.45) is -4.28. The van der Waals surface area contributed by atoms with E-state index in [2.05, 4.69) is 0 Å². The van der Waals surface area contributed by atoms with Crippen molar-refractivity contribution in [2.45, 2.75) is 19.5 Å². The Bertz CT molecular complexity index is 636. The SMILES string of the molecule is Cc1cc(N)c(Cl)c(Cc2ccccc2C(F)(F)F)c1. The van der Waals surface area contributed by atoms with E-state index in [-0.39, 0.29) is 12.0 Å². The van der Waals surface area contributed by atoms with E-state index in [0.717, 1.165) is 11.6 Å². The Hall–Kier alpha value is -1.68. The number of alkyl halides is 3. The highest BCUT2D eigenvalue weighted by Crippen LogP contribution is 2.34. The van der Waals surface area contributed by atoms with Crippen molar-refractivity contribution in [1.29, 1.82) is 0 Å². The molecule has 2 aromatic carbocycles. The van der Waals surface area contributed by atoms with Gasteiger partial charge in [0.25, 0.3) is 0 Å². The van der Waals surface area contributed by atoms with Crippen LogP contribution in [-0.2, 0) is 12.6 Å². The zero-order valence-corrected chi connectivity index (χ0v) is 11.5. The predicted octanol–water partition coefficient (Wildman–Crippen LogP) is 4.84. The number of rotatable bonds is 2. The van der Waals surface area contributed by atoms with E-state index in [1.54, 1.807) is 18.2 Å². The first-order valence-electron chi connectivity index (χ1n) is 5.98. The Morgan fingerprint density at radius 2 is 1.75 bits per heavy atom. The van der Waals surface area contributed by atoms with Crippen molar-refractivity contribution in [2.75, 3.05) is 5.73 Å². The molecule has 1 nitrogen and oxygen atoms in total. The van der Waals surface area contributed by atoms with Crippen LogP contribution < -0.4 is 5.73 Å². The van der Waals surface area contributed by atoms with Crippen LogP contribution in [0.15, 0.2) is 36.4 Å². The van der Waals surface area contributed by atoms with Crippen molar-refractivity contribution in [3.05, 3.63) is 63.7 Å². The van der Waals surface area contributed by atoms with Gasteiger partial charge in [-0.1, -0.05) is 35.9 Å². The fraction of sp³-hybridized carbons (Fsp3) is 0.200. The highest BCUT2D eigenvalue weighted by Gasteiger charge is 2.32. The third kappa shape index (κ3) is 3.07. The van der Waals surface area contributed by atoms with Crippen molar-refractivity contribution < 1.29 is 13.2 Å². The molecule has 0 aromatic heterocycles. The monoisotopic (exact) mass is 299 g/mol. The van der Waals surface area contributed by atoms with Crippen LogP contribution in [0.2, 0.25) is 5.02 Å². The lowest BCUT2D eigenvalue weighted by molar-refractivity contribution is -0.138. The van der Waals surface area contributed by atoms with E-state index in [1.165, 1.54) is 12.1 Å². The van der Waals surface area contributed by atoms with E-state index >= 15 is 0 Å². The maximum absolute atomic E-state index is 13.0. The van der Waals surface area contributed by atoms with Gasteiger partial charge in [-0.2, -0.15) is 13.2 Å². The molecular weight excluding hydrogens is 287 g/mol. The van der Waals surface area contributed by atoms with E-state index in [0.29, 0.717) is 16.3 Å². The number of benzene rings is 2. The second-order valence-corrected chi connectivity index (χ2v) is 5.04. The summed E-state index contributed by atoms with van der Waals surface area (Å²) >= 11 is 6.08. The van der Waals surface area contributed by atoms with Gasteiger partial charge in [-0.15, -0.1) is 0 Å². The first-order valence-corrected chi connectivity index (χ1v) is 6.36. The molecule has 106 valence electrons. The maximum Gasteiger partial charge on any atom is 0.416 e. The summed E-state index contributed by atoms with van der Waals surface area (Å²) in [6, 6.07) is 8.93. The average Bonchev–Trinajstić information content (AvgIpc) is 2.34. The standard InChI is InChI=1S/C15H13ClF3N/c1-9-6-11(14(16)13(20)7-9)8-10-4-2-3-5-12(10)15(17,18)19/h2-7H,8,20H2,1H3. The minimum atomic E-state index is -4.38. The fourth-order valence-corrected chi connectivity index (χ4v) is 2.33. The van der Waals surface area contributed by atoms with Crippen molar-refractivity contribution in [2.24, 2.45) is 0 Å². The summed E-state index contributed by atoms with van der Waals surface area (Å²) in [7, 11) is 0. The van der Waals surface area contributed by atoms with Gasteiger partial charge in [0.2, 0.25) is 0 Å². The van der Waals surface area contributed by atoms with Gasteiger partial charge in [0.05, 0.1) is 16.3 Å². The van der Waals surface area contributed by atoms with Crippen LogP contribution in [0.3, 0.4) is 0 Å². The van der Waals surface area contributed by atoms with Crippen molar-refractivity contribution in [3.63, 3.8) is 0 Å². The minimum Gasteiger partial charge on any atom is -0.398 e. The van der Waals surface area contributed by atoms with E-state index < -0.39 is 11.7 Å². The molecule has 0 aliphatic heterocycles. The molecule has 0 saturated carbocycles. The molecule has 0 spiro atoms. The number of hydrogen-bond acceptors (Lipinski definition) is 1. The molecule has 0 radical (unpaired) electrons. The number of nitrogen functional groups attached to an aromatic ring is 1. The Balaban J connectivity index is 2.46. The molecule has 2 rings (SSSR count). The molecule has 0 aliphatic rings. The molecule has 5 heteroatoms. The zero-order valence-electron chi connectivity index (χ0n) is 10.8. The van der Waals surface area contributed by atoms with Crippen molar-refractivity contribution in [3.8, 4) is 0 Å². The first kappa shape index (κ1) is 14.7. The highest BCUT2D eigenvalue weighted by molar-refractivity contribution is 6.33. The second kappa shape index (κ2) is 5.37. The summed E-state index contributed by atoms with van der Waals surface area (Å²) in [4.78, 5) is 0. The molecule has 0 fully saturated rings. The van der Waals surface area contributed by atoms with Gasteiger partial charge >= 0.3 is 6.18 Å². The third-order valence-electron chi connectivity index (χ3n) is 3.02. The van der Waals surface area contributed by atoms with Crippen LogP contribution >= 0.6 is 11.6 Å². The highest BCUT2D eigenvalue weighted by atomic mass is 35.5. The Morgan fingerprint density at radius 3 is 2.40 bits per heavy atom. The average molecular weight is 300 g/mol. The largest absolute Gasteiger partial charge is 0.416 e. The lowest BCUT2D eigenvalue weighted by Crippen LogP contribution is -2.09. The first-order chi connectivity index (χ1) is 9.29. The lowest BCUT2D eigenvalue weighted by atomic mass is 9.98. The van der Waals surface area contributed by atoms with Crippen molar-refractivity contribution in [1.82, 2.24) is 0 Å². The Labute approximate surface area is 120 Å². The second-order valence-electron chi connectivity index (χ2n) is 4.66. The number of nitrogens with two attached hydrogens (primary N) is 1. The van der Waals surface area contributed by atoms with Gasteiger partial charge in [0.15, 0.2) is 0 Å². The predicted molar refractivity (Wildman–Crippen MR) is 74.9 cm³/mol. The molecule has 0 aliphatic carbocycles. The van der Waals surface area contributed by atoms with Crippen LogP contribution in [0.25, 0.3) is 0 Å². The normalized spacial score (nSPS) is 11.7. The molecule has 0 unspecified atom stereocenters. The van der Waals surface area contributed by atoms with Gasteiger partial charge in [-0.05, 0) is 42.2 Å². The van der Waals surface area contributed by atoms with Gasteiger partial charge in [-0.3, -0.25) is 0 Å². The lowest BCUT2D eigenvalue weighted by Gasteiger charge is -2.14. The van der Waals surface area contributed by atoms with Gasteiger partial charge in [-0.25, -0.2) is 0 Å².